The lowest BCUT2D eigenvalue weighted by Gasteiger charge is -2.37. The lowest BCUT2D eigenvalue weighted by atomic mass is 9.80. The predicted octanol–water partition coefficient (Wildman–Crippen LogP) is 1.06. The maximum atomic E-state index is 11.6. The monoisotopic (exact) mass is 250 g/mol. The van der Waals surface area contributed by atoms with E-state index in [9.17, 15) is 9.59 Å². The van der Waals surface area contributed by atoms with Crippen molar-refractivity contribution in [3.05, 3.63) is 33.1 Å². The van der Waals surface area contributed by atoms with Crippen molar-refractivity contribution in [1.82, 2.24) is 9.55 Å². The Bertz CT molecular complexity index is 524. The maximum Gasteiger partial charge on any atom is 0.328 e. The molecule has 0 amide bonds. The van der Waals surface area contributed by atoms with Crippen LogP contribution in [0.4, 0.5) is 0 Å². The van der Waals surface area contributed by atoms with E-state index in [2.05, 4.69) is 4.98 Å². The average Bonchev–Trinajstić information content (AvgIpc) is 2.20. The lowest BCUT2D eigenvalue weighted by molar-refractivity contribution is -0.0380. The minimum atomic E-state index is -0.333. The van der Waals surface area contributed by atoms with Gasteiger partial charge in [0, 0.05) is 24.9 Å². The Morgan fingerprint density at radius 2 is 2.11 bits per heavy atom. The van der Waals surface area contributed by atoms with Crippen LogP contribution in [0.3, 0.4) is 0 Å². The van der Waals surface area contributed by atoms with Gasteiger partial charge in [0.2, 0.25) is 0 Å². The summed E-state index contributed by atoms with van der Waals surface area (Å²) in [5.74, 6) is 0.564. The van der Waals surface area contributed by atoms with Crippen LogP contribution in [0.15, 0.2) is 21.9 Å². The zero-order chi connectivity index (χ0) is 12.5. The molecule has 0 saturated heterocycles. The molecule has 0 atom stereocenters. The molecule has 2 saturated carbocycles. The van der Waals surface area contributed by atoms with E-state index in [0.717, 1.165) is 19.4 Å². The Morgan fingerprint density at radius 3 is 2.72 bits per heavy atom. The molecule has 18 heavy (non-hydrogen) atoms. The van der Waals surface area contributed by atoms with Gasteiger partial charge in [-0.15, -0.1) is 0 Å². The average molecular weight is 250 g/mol. The molecular weight excluding hydrogens is 232 g/mol. The van der Waals surface area contributed by atoms with E-state index in [1.807, 2.05) is 0 Å². The highest BCUT2D eigenvalue weighted by Crippen LogP contribution is 2.37. The fourth-order valence-corrected chi connectivity index (χ4v) is 2.59. The topological polar surface area (TPSA) is 64.1 Å². The van der Waals surface area contributed by atoms with E-state index in [1.54, 1.807) is 10.8 Å². The number of H-pyrrole nitrogens is 1. The smallest absolute Gasteiger partial charge is 0.328 e. The molecule has 2 aliphatic carbocycles. The molecule has 0 aliphatic heterocycles. The summed E-state index contributed by atoms with van der Waals surface area (Å²) in [4.78, 5) is 24.8. The van der Waals surface area contributed by atoms with Gasteiger partial charge in [-0.3, -0.25) is 14.3 Å². The van der Waals surface area contributed by atoms with Crippen molar-refractivity contribution in [2.24, 2.45) is 5.92 Å². The van der Waals surface area contributed by atoms with Crippen LogP contribution >= 0.6 is 0 Å². The Balaban J connectivity index is 1.51. The van der Waals surface area contributed by atoms with Crippen molar-refractivity contribution in [1.29, 1.82) is 0 Å². The first-order valence-corrected chi connectivity index (χ1v) is 6.65. The first kappa shape index (κ1) is 11.7. The molecule has 5 nitrogen and oxygen atoms in total. The van der Waals surface area contributed by atoms with E-state index in [1.165, 1.54) is 25.3 Å². The maximum absolute atomic E-state index is 11.6. The summed E-state index contributed by atoms with van der Waals surface area (Å²) in [6.45, 7) is 0.819. The van der Waals surface area contributed by atoms with Gasteiger partial charge in [0.1, 0.15) is 0 Å². The minimum Gasteiger partial charge on any atom is -0.378 e. The highest BCUT2D eigenvalue weighted by atomic mass is 16.5. The standard InChI is InChI=1S/C13H18N2O3/c16-12-4-5-15(13(17)14-12)10-6-9(7-10)8-18-11-2-1-3-11/h4-5,9-11H,1-3,6-8H2,(H,14,16,17). The van der Waals surface area contributed by atoms with Gasteiger partial charge in [-0.2, -0.15) is 0 Å². The van der Waals surface area contributed by atoms with E-state index in [0.29, 0.717) is 12.0 Å². The molecule has 1 heterocycles. The zero-order valence-corrected chi connectivity index (χ0v) is 10.3. The Hall–Kier alpha value is -1.36. The highest BCUT2D eigenvalue weighted by Gasteiger charge is 2.32. The van der Waals surface area contributed by atoms with Gasteiger partial charge in [-0.1, -0.05) is 0 Å². The fourth-order valence-electron chi connectivity index (χ4n) is 2.59. The van der Waals surface area contributed by atoms with Gasteiger partial charge in [-0.25, -0.2) is 4.79 Å². The number of rotatable bonds is 4. The van der Waals surface area contributed by atoms with E-state index >= 15 is 0 Å². The van der Waals surface area contributed by atoms with Crippen molar-refractivity contribution in [3.8, 4) is 0 Å². The van der Waals surface area contributed by atoms with Crippen LogP contribution in [0.25, 0.3) is 0 Å². The molecule has 1 N–H and O–H groups in total. The molecule has 2 fully saturated rings. The first-order valence-electron chi connectivity index (χ1n) is 6.65. The van der Waals surface area contributed by atoms with Gasteiger partial charge in [-0.05, 0) is 38.0 Å². The second kappa shape index (κ2) is 4.72. The highest BCUT2D eigenvalue weighted by molar-refractivity contribution is 4.91. The molecular formula is C13H18N2O3. The summed E-state index contributed by atoms with van der Waals surface area (Å²) in [6.07, 6.45) is 7.72. The number of nitrogens with one attached hydrogen (secondary N) is 1. The van der Waals surface area contributed by atoms with Crippen molar-refractivity contribution in [2.75, 3.05) is 6.61 Å². The number of hydrogen-bond acceptors (Lipinski definition) is 3. The van der Waals surface area contributed by atoms with Crippen LogP contribution in [0.1, 0.15) is 38.1 Å². The van der Waals surface area contributed by atoms with Gasteiger partial charge in [0.25, 0.3) is 5.56 Å². The van der Waals surface area contributed by atoms with Crippen molar-refractivity contribution in [3.63, 3.8) is 0 Å². The fraction of sp³-hybridized carbons (Fsp3) is 0.692. The van der Waals surface area contributed by atoms with Crippen molar-refractivity contribution >= 4 is 0 Å². The van der Waals surface area contributed by atoms with Crippen LogP contribution in [-0.2, 0) is 4.74 Å². The molecule has 0 unspecified atom stereocenters. The summed E-state index contributed by atoms with van der Waals surface area (Å²) in [7, 11) is 0. The minimum absolute atomic E-state index is 0.226. The predicted molar refractivity (Wildman–Crippen MR) is 66.7 cm³/mol. The summed E-state index contributed by atoms with van der Waals surface area (Å²) >= 11 is 0. The second-order valence-corrected chi connectivity index (χ2v) is 5.39. The molecule has 1 aromatic heterocycles. The van der Waals surface area contributed by atoms with E-state index < -0.39 is 0 Å². The number of aromatic amines is 1. The lowest BCUT2D eigenvalue weighted by Crippen LogP contribution is -2.39. The van der Waals surface area contributed by atoms with Crippen LogP contribution < -0.4 is 11.2 Å². The number of hydrogen-bond donors (Lipinski definition) is 1. The summed E-state index contributed by atoms with van der Waals surface area (Å²) in [5.41, 5.74) is -0.633. The van der Waals surface area contributed by atoms with Crippen molar-refractivity contribution in [2.45, 2.75) is 44.2 Å². The van der Waals surface area contributed by atoms with E-state index in [-0.39, 0.29) is 17.3 Å². The quantitative estimate of drug-likeness (QED) is 0.869. The summed E-state index contributed by atoms with van der Waals surface area (Å²) in [6, 6.07) is 1.63. The Kier molecular flexibility index (Phi) is 3.07. The van der Waals surface area contributed by atoms with Crippen LogP contribution in [-0.4, -0.2) is 22.3 Å². The Labute approximate surface area is 105 Å². The zero-order valence-electron chi connectivity index (χ0n) is 10.3. The van der Waals surface area contributed by atoms with Crippen LogP contribution in [0, 0.1) is 5.92 Å². The SMILES string of the molecule is O=c1ccn(C2CC(COC3CCC3)C2)c(=O)[nH]1. The number of nitrogens with zero attached hydrogens (tertiary/aromatic N) is 1. The summed E-state index contributed by atoms with van der Waals surface area (Å²) in [5, 5.41) is 0. The molecule has 5 heteroatoms. The van der Waals surface area contributed by atoms with E-state index in [4.69, 9.17) is 4.74 Å². The Morgan fingerprint density at radius 1 is 1.33 bits per heavy atom. The molecule has 2 aliphatic rings. The molecule has 3 rings (SSSR count). The van der Waals surface area contributed by atoms with Gasteiger partial charge in [0.05, 0.1) is 6.10 Å². The normalized spacial score (nSPS) is 27.6. The van der Waals surface area contributed by atoms with Gasteiger partial charge >= 0.3 is 5.69 Å². The van der Waals surface area contributed by atoms with Crippen molar-refractivity contribution < 1.29 is 4.74 Å². The third-order valence-electron chi connectivity index (χ3n) is 4.08. The molecule has 1 aromatic rings. The molecule has 98 valence electrons. The summed E-state index contributed by atoms with van der Waals surface area (Å²) < 4.78 is 7.40. The third kappa shape index (κ3) is 2.27. The third-order valence-corrected chi connectivity index (χ3v) is 4.08. The first-order chi connectivity index (χ1) is 8.72. The second-order valence-electron chi connectivity index (χ2n) is 5.39. The van der Waals surface area contributed by atoms with Gasteiger partial charge < -0.3 is 4.74 Å². The molecule has 0 aromatic carbocycles. The van der Waals surface area contributed by atoms with Gasteiger partial charge in [0.15, 0.2) is 0 Å². The molecule has 0 spiro atoms. The number of aromatic nitrogens is 2. The largest absolute Gasteiger partial charge is 0.378 e. The molecule has 0 radical (unpaired) electrons. The molecule has 0 bridgehead atoms. The van der Waals surface area contributed by atoms with Crippen LogP contribution in [0.2, 0.25) is 0 Å². The number of ether oxygens (including phenoxy) is 1. The van der Waals surface area contributed by atoms with Crippen LogP contribution in [0.5, 0.6) is 0 Å².